The average Bonchev–Trinajstić information content (AvgIpc) is 2.82. The topological polar surface area (TPSA) is 50.8 Å². The normalized spacial score (nSPS) is 28.1. The quantitative estimate of drug-likeness (QED) is 0.550. The first kappa shape index (κ1) is 13.8. The Morgan fingerprint density at radius 1 is 1.56 bits per heavy atom. The molecule has 0 spiro atoms. The summed E-state index contributed by atoms with van der Waals surface area (Å²) in [5.41, 5.74) is 0. The van der Waals surface area contributed by atoms with E-state index in [2.05, 4.69) is 10.2 Å². The van der Waals surface area contributed by atoms with Gasteiger partial charge in [-0.05, 0) is 26.3 Å². The third-order valence-electron chi connectivity index (χ3n) is 3.64. The smallest absolute Gasteiger partial charge is 0.307 e. The summed E-state index contributed by atoms with van der Waals surface area (Å²) in [6.45, 7) is 6.88. The highest BCUT2D eigenvalue weighted by atomic mass is 16.5. The Bertz CT molecular complexity index is 273. The Morgan fingerprint density at radius 2 is 2.44 bits per heavy atom. The van der Waals surface area contributed by atoms with Crippen LogP contribution >= 0.6 is 0 Å². The van der Waals surface area contributed by atoms with Gasteiger partial charge in [-0.2, -0.15) is 0 Å². The first-order valence-electron chi connectivity index (χ1n) is 7.01. The molecule has 0 amide bonds. The van der Waals surface area contributed by atoms with E-state index in [1.54, 1.807) is 0 Å². The van der Waals surface area contributed by atoms with E-state index in [9.17, 15) is 4.79 Å². The summed E-state index contributed by atoms with van der Waals surface area (Å²) < 4.78 is 10.7. The second kappa shape index (κ2) is 7.07. The average molecular weight is 256 g/mol. The first-order valence-corrected chi connectivity index (χ1v) is 7.01. The number of nitrogens with zero attached hydrogens (tertiary/aromatic N) is 1. The lowest BCUT2D eigenvalue weighted by molar-refractivity contribution is -0.143. The van der Waals surface area contributed by atoms with E-state index in [0.717, 1.165) is 19.7 Å². The second-order valence-electron chi connectivity index (χ2n) is 5.01. The predicted molar refractivity (Wildman–Crippen MR) is 68.5 cm³/mol. The lowest BCUT2D eigenvalue weighted by atomic mass is 10.2. The van der Waals surface area contributed by atoms with Crippen LogP contribution < -0.4 is 5.32 Å². The number of nitrogens with one attached hydrogen (secondary N) is 1. The monoisotopic (exact) mass is 256 g/mol. The number of esters is 1. The highest BCUT2D eigenvalue weighted by Crippen LogP contribution is 2.22. The van der Waals surface area contributed by atoms with Crippen molar-refractivity contribution < 1.29 is 14.3 Å². The van der Waals surface area contributed by atoms with Crippen molar-refractivity contribution in [2.75, 3.05) is 39.4 Å². The molecule has 5 nitrogen and oxygen atoms in total. The van der Waals surface area contributed by atoms with Crippen LogP contribution in [-0.4, -0.2) is 62.4 Å². The predicted octanol–water partition coefficient (Wildman–Crippen LogP) is 0.392. The SMILES string of the molecule is CCOC(=O)CCNCC1CN2CCCC2CO1. The maximum atomic E-state index is 11.1. The van der Waals surface area contributed by atoms with Gasteiger partial charge in [-0.25, -0.2) is 0 Å². The van der Waals surface area contributed by atoms with Gasteiger partial charge in [-0.3, -0.25) is 9.69 Å². The van der Waals surface area contributed by atoms with Crippen LogP contribution in [-0.2, 0) is 14.3 Å². The molecule has 2 saturated heterocycles. The summed E-state index contributed by atoms with van der Waals surface area (Å²) in [6, 6.07) is 0.654. The van der Waals surface area contributed by atoms with Crippen molar-refractivity contribution in [1.82, 2.24) is 10.2 Å². The molecule has 0 bridgehead atoms. The van der Waals surface area contributed by atoms with Crippen LogP contribution in [0.25, 0.3) is 0 Å². The van der Waals surface area contributed by atoms with Crippen LogP contribution in [0.1, 0.15) is 26.2 Å². The molecule has 5 heteroatoms. The molecule has 2 rings (SSSR count). The van der Waals surface area contributed by atoms with Gasteiger partial charge < -0.3 is 14.8 Å². The number of carbonyl (C=O) groups excluding carboxylic acids is 1. The molecule has 18 heavy (non-hydrogen) atoms. The van der Waals surface area contributed by atoms with Crippen LogP contribution in [0.2, 0.25) is 0 Å². The molecule has 0 radical (unpaired) electrons. The molecular weight excluding hydrogens is 232 g/mol. The molecule has 2 aliphatic heterocycles. The first-order chi connectivity index (χ1) is 8.79. The molecule has 2 atom stereocenters. The lowest BCUT2D eigenvalue weighted by Gasteiger charge is -2.35. The minimum atomic E-state index is -0.130. The zero-order chi connectivity index (χ0) is 12.8. The molecule has 2 unspecified atom stereocenters. The second-order valence-corrected chi connectivity index (χ2v) is 5.01. The van der Waals surface area contributed by atoms with E-state index >= 15 is 0 Å². The zero-order valence-electron chi connectivity index (χ0n) is 11.2. The van der Waals surface area contributed by atoms with E-state index in [1.165, 1.54) is 19.4 Å². The molecule has 2 aliphatic rings. The summed E-state index contributed by atoms with van der Waals surface area (Å²) in [5, 5.41) is 3.27. The zero-order valence-corrected chi connectivity index (χ0v) is 11.2. The van der Waals surface area contributed by atoms with Crippen molar-refractivity contribution in [3.63, 3.8) is 0 Å². The third kappa shape index (κ3) is 3.93. The summed E-state index contributed by atoms with van der Waals surface area (Å²) in [7, 11) is 0. The van der Waals surface area contributed by atoms with Crippen LogP contribution in [0.4, 0.5) is 0 Å². The van der Waals surface area contributed by atoms with Crippen LogP contribution in [0.3, 0.4) is 0 Å². The fraction of sp³-hybridized carbons (Fsp3) is 0.923. The Hall–Kier alpha value is -0.650. The maximum Gasteiger partial charge on any atom is 0.307 e. The standard InChI is InChI=1S/C13H24N2O3/c1-2-17-13(16)5-6-14-8-12-9-15-7-3-4-11(15)10-18-12/h11-12,14H,2-10H2,1H3. The van der Waals surface area contributed by atoms with Gasteiger partial charge in [0.05, 0.1) is 25.7 Å². The number of carbonyl (C=O) groups is 1. The molecule has 0 aromatic rings. The summed E-state index contributed by atoms with van der Waals surface area (Å²) in [5.74, 6) is -0.130. The van der Waals surface area contributed by atoms with E-state index in [0.29, 0.717) is 25.6 Å². The molecule has 104 valence electrons. The number of fused-ring (bicyclic) bond motifs is 1. The largest absolute Gasteiger partial charge is 0.466 e. The van der Waals surface area contributed by atoms with Crippen LogP contribution in [0.15, 0.2) is 0 Å². The van der Waals surface area contributed by atoms with Crippen molar-refractivity contribution in [3.8, 4) is 0 Å². The molecule has 0 aromatic carbocycles. The molecule has 1 N–H and O–H groups in total. The van der Waals surface area contributed by atoms with E-state index < -0.39 is 0 Å². The van der Waals surface area contributed by atoms with Gasteiger partial charge in [-0.1, -0.05) is 0 Å². The molecule has 0 aromatic heterocycles. The summed E-state index contributed by atoms with van der Waals surface area (Å²) in [6.07, 6.45) is 3.29. The third-order valence-corrected chi connectivity index (χ3v) is 3.64. The van der Waals surface area contributed by atoms with Gasteiger partial charge in [0, 0.05) is 25.7 Å². The summed E-state index contributed by atoms with van der Waals surface area (Å²) >= 11 is 0. The molecule has 0 saturated carbocycles. The van der Waals surface area contributed by atoms with Crippen molar-refractivity contribution in [1.29, 1.82) is 0 Å². The van der Waals surface area contributed by atoms with Gasteiger partial charge >= 0.3 is 5.97 Å². The van der Waals surface area contributed by atoms with Gasteiger partial charge in [0.2, 0.25) is 0 Å². The van der Waals surface area contributed by atoms with E-state index in [-0.39, 0.29) is 12.1 Å². The Balaban J connectivity index is 1.55. The molecule has 0 aliphatic carbocycles. The highest BCUT2D eigenvalue weighted by molar-refractivity contribution is 5.69. The summed E-state index contributed by atoms with van der Waals surface area (Å²) in [4.78, 5) is 13.7. The minimum absolute atomic E-state index is 0.130. The fourth-order valence-electron chi connectivity index (χ4n) is 2.70. The highest BCUT2D eigenvalue weighted by Gasteiger charge is 2.31. The minimum Gasteiger partial charge on any atom is -0.466 e. The number of hydrogen-bond acceptors (Lipinski definition) is 5. The number of morpholine rings is 1. The fourth-order valence-corrected chi connectivity index (χ4v) is 2.70. The number of ether oxygens (including phenoxy) is 2. The van der Waals surface area contributed by atoms with Crippen molar-refractivity contribution in [2.24, 2.45) is 0 Å². The van der Waals surface area contributed by atoms with Crippen LogP contribution in [0.5, 0.6) is 0 Å². The molecule has 2 fully saturated rings. The van der Waals surface area contributed by atoms with E-state index in [4.69, 9.17) is 9.47 Å². The van der Waals surface area contributed by atoms with Crippen LogP contribution in [0, 0.1) is 0 Å². The Kier molecular flexibility index (Phi) is 5.41. The van der Waals surface area contributed by atoms with E-state index in [1.807, 2.05) is 6.92 Å². The lowest BCUT2D eigenvalue weighted by Crippen LogP contribution is -2.49. The van der Waals surface area contributed by atoms with Crippen molar-refractivity contribution in [3.05, 3.63) is 0 Å². The Labute approximate surface area is 109 Å². The van der Waals surface area contributed by atoms with Crippen molar-refractivity contribution >= 4 is 5.97 Å². The molecular formula is C13H24N2O3. The van der Waals surface area contributed by atoms with Gasteiger partial charge in [0.1, 0.15) is 0 Å². The molecule has 2 heterocycles. The Morgan fingerprint density at radius 3 is 3.28 bits per heavy atom. The van der Waals surface area contributed by atoms with Gasteiger partial charge in [0.15, 0.2) is 0 Å². The maximum absolute atomic E-state index is 11.1. The van der Waals surface area contributed by atoms with Gasteiger partial charge in [0.25, 0.3) is 0 Å². The van der Waals surface area contributed by atoms with Gasteiger partial charge in [-0.15, -0.1) is 0 Å². The van der Waals surface area contributed by atoms with Crippen molar-refractivity contribution in [2.45, 2.75) is 38.3 Å². The number of rotatable bonds is 6. The number of hydrogen-bond donors (Lipinski definition) is 1.